The summed E-state index contributed by atoms with van der Waals surface area (Å²) in [4.78, 5) is 12.9. The monoisotopic (exact) mass is 445 g/mol. The van der Waals surface area contributed by atoms with E-state index in [4.69, 9.17) is 18.6 Å². The molecule has 0 saturated carbocycles. The fraction of sp³-hybridized carbons (Fsp3) is 0.240. The maximum absolute atomic E-state index is 12.9. The van der Waals surface area contributed by atoms with Gasteiger partial charge in [0.1, 0.15) is 12.4 Å². The summed E-state index contributed by atoms with van der Waals surface area (Å²) in [6.45, 7) is 4.92. The summed E-state index contributed by atoms with van der Waals surface area (Å²) >= 11 is 0. The fourth-order valence-electron chi connectivity index (χ4n) is 3.94. The van der Waals surface area contributed by atoms with Crippen molar-refractivity contribution in [1.82, 2.24) is 14.8 Å². The first-order valence-electron chi connectivity index (χ1n) is 10.7. The maximum Gasteiger partial charge on any atom is 0.247 e. The van der Waals surface area contributed by atoms with E-state index in [9.17, 15) is 4.79 Å². The number of hydrogen-bond acceptors (Lipinski definition) is 7. The maximum atomic E-state index is 12.9. The topological polar surface area (TPSA) is 88.6 Å². The largest absolute Gasteiger partial charge is 0.486 e. The number of aryl methyl sites for hydroxylation is 1. The highest BCUT2D eigenvalue weighted by atomic mass is 16.6. The zero-order valence-electron chi connectivity index (χ0n) is 18.4. The van der Waals surface area contributed by atoms with Crippen molar-refractivity contribution in [3.05, 3.63) is 77.9 Å². The zero-order chi connectivity index (χ0) is 22.8. The van der Waals surface area contributed by atoms with Crippen LogP contribution in [0, 0.1) is 13.8 Å². The SMILES string of the molecule is Cc1cc(C(=O)COc2ccc(-c3nnco3)cc2)c(C)n1CC1COc2ccccc2O1. The molecule has 8 nitrogen and oxygen atoms in total. The van der Waals surface area contributed by atoms with E-state index in [-0.39, 0.29) is 18.5 Å². The second-order valence-electron chi connectivity index (χ2n) is 7.87. The molecule has 1 aliphatic heterocycles. The lowest BCUT2D eigenvalue weighted by Crippen LogP contribution is -2.33. The summed E-state index contributed by atoms with van der Waals surface area (Å²) in [5.41, 5.74) is 3.30. The smallest absolute Gasteiger partial charge is 0.247 e. The molecule has 1 unspecified atom stereocenters. The fourth-order valence-corrected chi connectivity index (χ4v) is 3.94. The summed E-state index contributed by atoms with van der Waals surface area (Å²) in [5.74, 6) is 2.44. The number of carbonyl (C=O) groups excluding carboxylic acids is 1. The van der Waals surface area contributed by atoms with Crippen molar-refractivity contribution in [2.24, 2.45) is 0 Å². The highest BCUT2D eigenvalue weighted by molar-refractivity contribution is 5.98. The predicted octanol–water partition coefficient (Wildman–Crippen LogP) is 4.26. The van der Waals surface area contributed by atoms with E-state index in [1.807, 2.05) is 56.3 Å². The van der Waals surface area contributed by atoms with Crippen LogP contribution in [0.15, 0.2) is 65.4 Å². The number of hydrogen-bond donors (Lipinski definition) is 0. The van der Waals surface area contributed by atoms with Gasteiger partial charge in [-0.15, -0.1) is 10.2 Å². The van der Waals surface area contributed by atoms with Crippen LogP contribution in [-0.4, -0.2) is 39.9 Å². The minimum atomic E-state index is -0.138. The third-order valence-electron chi connectivity index (χ3n) is 5.66. The van der Waals surface area contributed by atoms with Gasteiger partial charge in [-0.1, -0.05) is 12.1 Å². The Morgan fingerprint density at radius 2 is 1.91 bits per heavy atom. The Morgan fingerprint density at radius 3 is 2.67 bits per heavy atom. The van der Waals surface area contributed by atoms with Crippen LogP contribution >= 0.6 is 0 Å². The molecule has 2 aromatic carbocycles. The van der Waals surface area contributed by atoms with Crippen LogP contribution in [0.25, 0.3) is 11.5 Å². The number of aromatic nitrogens is 3. The van der Waals surface area contributed by atoms with Crippen molar-refractivity contribution in [2.75, 3.05) is 13.2 Å². The van der Waals surface area contributed by atoms with Gasteiger partial charge in [0, 0.05) is 22.5 Å². The number of fused-ring (bicyclic) bond motifs is 1. The number of nitrogens with zero attached hydrogens (tertiary/aromatic N) is 3. The Labute approximate surface area is 190 Å². The molecule has 0 saturated heterocycles. The Kier molecular flexibility index (Phi) is 5.56. The van der Waals surface area contributed by atoms with Gasteiger partial charge in [-0.3, -0.25) is 4.79 Å². The molecule has 0 fully saturated rings. The quantitative estimate of drug-likeness (QED) is 0.393. The van der Waals surface area contributed by atoms with E-state index in [1.54, 1.807) is 12.1 Å². The average Bonchev–Trinajstić information content (AvgIpc) is 3.47. The van der Waals surface area contributed by atoms with Crippen molar-refractivity contribution in [1.29, 1.82) is 0 Å². The molecule has 5 rings (SSSR count). The van der Waals surface area contributed by atoms with Crippen LogP contribution < -0.4 is 14.2 Å². The van der Waals surface area contributed by atoms with Gasteiger partial charge in [0.2, 0.25) is 18.1 Å². The number of para-hydroxylation sites is 2. The number of Topliss-reactive ketones (excluding diaryl/α,β-unsaturated/α-hetero) is 1. The van der Waals surface area contributed by atoms with Gasteiger partial charge in [0.05, 0.1) is 6.54 Å². The van der Waals surface area contributed by atoms with Crippen molar-refractivity contribution >= 4 is 5.78 Å². The van der Waals surface area contributed by atoms with E-state index >= 15 is 0 Å². The number of rotatable bonds is 7. The van der Waals surface area contributed by atoms with E-state index in [0.29, 0.717) is 30.4 Å². The lowest BCUT2D eigenvalue weighted by Gasteiger charge is -2.27. The molecular formula is C25H23N3O5. The molecule has 2 aromatic heterocycles. The summed E-state index contributed by atoms with van der Waals surface area (Å²) in [7, 11) is 0. The number of ketones is 1. The van der Waals surface area contributed by atoms with Crippen LogP contribution in [0.2, 0.25) is 0 Å². The summed E-state index contributed by atoms with van der Waals surface area (Å²) < 4.78 is 24.9. The lowest BCUT2D eigenvalue weighted by molar-refractivity contribution is 0.0777. The Morgan fingerprint density at radius 1 is 1.12 bits per heavy atom. The first-order valence-corrected chi connectivity index (χ1v) is 10.7. The van der Waals surface area contributed by atoms with Crippen molar-refractivity contribution in [3.8, 4) is 28.7 Å². The second-order valence-corrected chi connectivity index (χ2v) is 7.87. The second kappa shape index (κ2) is 8.82. The summed E-state index contributed by atoms with van der Waals surface area (Å²) in [5, 5.41) is 7.54. The number of carbonyl (C=O) groups is 1. The Hall–Kier alpha value is -4.07. The van der Waals surface area contributed by atoms with E-state index < -0.39 is 0 Å². The van der Waals surface area contributed by atoms with E-state index in [1.165, 1.54) is 6.39 Å². The van der Waals surface area contributed by atoms with Crippen molar-refractivity contribution in [2.45, 2.75) is 26.5 Å². The molecule has 1 atom stereocenters. The Bertz CT molecular complexity index is 1260. The van der Waals surface area contributed by atoms with E-state index in [2.05, 4.69) is 14.8 Å². The normalized spacial score (nSPS) is 14.8. The molecule has 0 radical (unpaired) electrons. The molecule has 8 heteroatoms. The highest BCUT2D eigenvalue weighted by Gasteiger charge is 2.24. The predicted molar refractivity (Wildman–Crippen MR) is 120 cm³/mol. The molecule has 0 bridgehead atoms. The molecule has 3 heterocycles. The van der Waals surface area contributed by atoms with Gasteiger partial charge in [-0.2, -0.15) is 0 Å². The first-order chi connectivity index (χ1) is 16.1. The van der Waals surface area contributed by atoms with Crippen molar-refractivity contribution in [3.63, 3.8) is 0 Å². The molecule has 33 heavy (non-hydrogen) atoms. The molecule has 0 N–H and O–H groups in total. The zero-order valence-corrected chi connectivity index (χ0v) is 18.4. The molecule has 0 amide bonds. The summed E-state index contributed by atoms with van der Waals surface area (Å²) in [6, 6.07) is 16.7. The van der Waals surface area contributed by atoms with Gasteiger partial charge in [0.15, 0.2) is 24.2 Å². The van der Waals surface area contributed by atoms with Gasteiger partial charge in [-0.05, 0) is 56.3 Å². The van der Waals surface area contributed by atoms with Crippen LogP contribution in [0.4, 0.5) is 0 Å². The highest BCUT2D eigenvalue weighted by Crippen LogP contribution is 2.31. The lowest BCUT2D eigenvalue weighted by atomic mass is 10.1. The molecular weight excluding hydrogens is 422 g/mol. The van der Waals surface area contributed by atoms with Crippen LogP contribution in [-0.2, 0) is 6.54 Å². The van der Waals surface area contributed by atoms with Crippen LogP contribution in [0.3, 0.4) is 0 Å². The standard InChI is InChI=1S/C25H23N3O5/c1-16-11-21(17(2)28(16)12-20-13-31-23-5-3-4-6-24(23)33-20)22(29)14-30-19-9-7-18(8-10-19)25-27-26-15-32-25/h3-11,15,20H,12-14H2,1-2H3. The van der Waals surface area contributed by atoms with Gasteiger partial charge >= 0.3 is 0 Å². The number of benzene rings is 2. The molecule has 4 aromatic rings. The first kappa shape index (κ1) is 20.8. The van der Waals surface area contributed by atoms with Gasteiger partial charge < -0.3 is 23.2 Å². The van der Waals surface area contributed by atoms with Gasteiger partial charge in [0.25, 0.3) is 0 Å². The minimum Gasteiger partial charge on any atom is -0.486 e. The van der Waals surface area contributed by atoms with Crippen molar-refractivity contribution < 1.29 is 23.4 Å². The summed E-state index contributed by atoms with van der Waals surface area (Å²) in [6.07, 6.45) is 1.14. The third-order valence-corrected chi connectivity index (χ3v) is 5.66. The third kappa shape index (κ3) is 4.32. The van der Waals surface area contributed by atoms with Crippen LogP contribution in [0.5, 0.6) is 17.2 Å². The van der Waals surface area contributed by atoms with Gasteiger partial charge in [-0.25, -0.2) is 0 Å². The van der Waals surface area contributed by atoms with Crippen LogP contribution in [0.1, 0.15) is 21.7 Å². The molecule has 0 aliphatic carbocycles. The average molecular weight is 445 g/mol. The van der Waals surface area contributed by atoms with E-state index in [0.717, 1.165) is 28.5 Å². The Balaban J connectivity index is 1.23. The molecule has 168 valence electrons. The minimum absolute atomic E-state index is 0.0549. The molecule has 0 spiro atoms. The molecule has 1 aliphatic rings. The number of ether oxygens (including phenoxy) is 3.